The normalized spacial score (nSPS) is 9.80. The highest BCUT2D eigenvalue weighted by molar-refractivity contribution is 6.31. The van der Waals surface area contributed by atoms with Crippen LogP contribution in [0.25, 0.3) is 11.0 Å². The largest absolute Gasteiger partial charge is 0.396 e. The molecule has 0 amide bonds. The lowest BCUT2D eigenvalue weighted by molar-refractivity contribution is 1.28. The molecule has 2 heterocycles. The molecular formula is C9H4ClN5. The highest BCUT2D eigenvalue weighted by atomic mass is 35.5. The second-order valence-electron chi connectivity index (χ2n) is 2.86. The van der Waals surface area contributed by atoms with Gasteiger partial charge in [-0.05, 0) is 6.07 Å². The second kappa shape index (κ2) is 3.16. The highest BCUT2D eigenvalue weighted by Gasteiger charge is 2.12. The van der Waals surface area contributed by atoms with Crippen LogP contribution in [-0.4, -0.2) is 9.97 Å². The van der Waals surface area contributed by atoms with Crippen LogP contribution in [0.1, 0.15) is 11.3 Å². The summed E-state index contributed by atoms with van der Waals surface area (Å²) in [5, 5.41) is 18.1. The van der Waals surface area contributed by atoms with E-state index in [2.05, 4.69) is 9.97 Å². The van der Waals surface area contributed by atoms with Gasteiger partial charge in [0.1, 0.15) is 28.6 Å². The summed E-state index contributed by atoms with van der Waals surface area (Å²) in [5.41, 5.74) is 6.83. The first-order valence-electron chi connectivity index (χ1n) is 3.95. The fourth-order valence-corrected chi connectivity index (χ4v) is 1.46. The molecule has 0 bridgehead atoms. The maximum atomic E-state index is 8.74. The van der Waals surface area contributed by atoms with E-state index in [0.29, 0.717) is 11.0 Å². The van der Waals surface area contributed by atoms with E-state index >= 15 is 0 Å². The molecule has 2 rings (SSSR count). The molecule has 2 aromatic rings. The topological polar surface area (TPSA) is 102 Å². The molecule has 0 aliphatic carbocycles. The Hall–Kier alpha value is -2.24. The summed E-state index contributed by atoms with van der Waals surface area (Å²) in [6.45, 7) is 0. The number of anilines is 1. The number of nitrogens with zero attached hydrogens (tertiary/aromatic N) is 3. The number of nitrogens with one attached hydrogen (secondary N) is 1. The van der Waals surface area contributed by atoms with Crippen molar-refractivity contribution in [3.8, 4) is 12.1 Å². The molecule has 0 aliphatic rings. The first kappa shape index (κ1) is 9.32. The van der Waals surface area contributed by atoms with Crippen LogP contribution in [0.5, 0.6) is 0 Å². The molecule has 0 fully saturated rings. The molecular weight excluding hydrogens is 214 g/mol. The molecule has 0 aliphatic heterocycles. The van der Waals surface area contributed by atoms with Crippen LogP contribution >= 0.6 is 11.6 Å². The van der Waals surface area contributed by atoms with Gasteiger partial charge in [0.05, 0.1) is 11.3 Å². The van der Waals surface area contributed by atoms with Gasteiger partial charge < -0.3 is 10.7 Å². The first-order chi connectivity index (χ1) is 7.17. The third kappa shape index (κ3) is 1.26. The third-order valence-electron chi connectivity index (χ3n) is 2.01. The lowest BCUT2D eigenvalue weighted by Gasteiger charge is -1.94. The number of nitrogen functional groups attached to an aromatic ring is 1. The molecule has 0 saturated carbocycles. The summed E-state index contributed by atoms with van der Waals surface area (Å²) in [6, 6.07) is 5.30. The van der Waals surface area contributed by atoms with Crippen molar-refractivity contribution in [1.29, 1.82) is 10.5 Å². The number of halogens is 1. The van der Waals surface area contributed by atoms with E-state index in [-0.39, 0.29) is 22.1 Å². The summed E-state index contributed by atoms with van der Waals surface area (Å²) >= 11 is 5.73. The SMILES string of the molecule is N#Cc1cc2c(N)c(C#N)[nH]c2nc1Cl. The third-order valence-corrected chi connectivity index (χ3v) is 2.30. The number of hydrogen-bond acceptors (Lipinski definition) is 4. The van der Waals surface area contributed by atoms with Gasteiger partial charge in [-0.3, -0.25) is 0 Å². The fraction of sp³-hybridized carbons (Fsp3) is 0. The summed E-state index contributed by atoms with van der Waals surface area (Å²) in [4.78, 5) is 6.65. The average molecular weight is 218 g/mol. The minimum atomic E-state index is 0.0933. The number of H-pyrrole nitrogens is 1. The first-order valence-corrected chi connectivity index (χ1v) is 4.33. The number of aromatic amines is 1. The average Bonchev–Trinajstić information content (AvgIpc) is 2.54. The number of pyridine rings is 1. The van der Waals surface area contributed by atoms with Gasteiger partial charge in [-0.25, -0.2) is 4.98 Å². The number of fused-ring (bicyclic) bond motifs is 1. The maximum Gasteiger partial charge on any atom is 0.149 e. The van der Waals surface area contributed by atoms with Crippen molar-refractivity contribution >= 4 is 28.3 Å². The molecule has 0 spiro atoms. The minimum Gasteiger partial charge on any atom is -0.396 e. The van der Waals surface area contributed by atoms with E-state index < -0.39 is 0 Å². The highest BCUT2D eigenvalue weighted by Crippen LogP contribution is 2.26. The molecule has 0 unspecified atom stereocenters. The van der Waals surface area contributed by atoms with Gasteiger partial charge in [-0.15, -0.1) is 0 Å². The summed E-state index contributed by atoms with van der Waals surface area (Å²) in [5.74, 6) is 0. The second-order valence-corrected chi connectivity index (χ2v) is 3.22. The monoisotopic (exact) mass is 217 g/mol. The number of rotatable bonds is 0. The van der Waals surface area contributed by atoms with Crippen molar-refractivity contribution in [3.05, 3.63) is 22.5 Å². The Morgan fingerprint density at radius 2 is 2.13 bits per heavy atom. The number of aromatic nitrogens is 2. The molecule has 5 nitrogen and oxygen atoms in total. The van der Waals surface area contributed by atoms with E-state index in [9.17, 15) is 0 Å². The summed E-state index contributed by atoms with van der Waals surface area (Å²) in [6.07, 6.45) is 0. The molecule has 15 heavy (non-hydrogen) atoms. The summed E-state index contributed by atoms with van der Waals surface area (Å²) < 4.78 is 0. The lowest BCUT2D eigenvalue weighted by Crippen LogP contribution is -1.87. The molecule has 6 heteroatoms. The Balaban J connectivity index is 2.88. The van der Waals surface area contributed by atoms with Crippen molar-refractivity contribution in [3.63, 3.8) is 0 Å². The minimum absolute atomic E-state index is 0.0933. The van der Waals surface area contributed by atoms with Gasteiger partial charge in [0.25, 0.3) is 0 Å². The Kier molecular flexibility index (Phi) is 1.96. The number of nitriles is 2. The van der Waals surface area contributed by atoms with Gasteiger partial charge in [0.15, 0.2) is 0 Å². The quantitative estimate of drug-likeness (QED) is 0.654. The van der Waals surface area contributed by atoms with Gasteiger partial charge in [-0.2, -0.15) is 10.5 Å². The zero-order valence-electron chi connectivity index (χ0n) is 7.37. The van der Waals surface area contributed by atoms with Crippen LogP contribution in [0.2, 0.25) is 5.15 Å². The van der Waals surface area contributed by atoms with Gasteiger partial charge in [0.2, 0.25) is 0 Å². The van der Waals surface area contributed by atoms with Crippen LogP contribution in [0, 0.1) is 22.7 Å². The zero-order chi connectivity index (χ0) is 11.0. The van der Waals surface area contributed by atoms with E-state index in [1.54, 1.807) is 0 Å². The van der Waals surface area contributed by atoms with Crippen LogP contribution < -0.4 is 5.73 Å². The van der Waals surface area contributed by atoms with E-state index in [4.69, 9.17) is 27.9 Å². The molecule has 0 atom stereocenters. The van der Waals surface area contributed by atoms with E-state index in [1.165, 1.54) is 6.07 Å². The Labute approximate surface area is 89.7 Å². The van der Waals surface area contributed by atoms with Gasteiger partial charge in [0, 0.05) is 5.39 Å². The molecule has 2 aromatic heterocycles. The van der Waals surface area contributed by atoms with E-state index in [0.717, 1.165) is 0 Å². The number of hydrogen-bond donors (Lipinski definition) is 2. The van der Waals surface area contributed by atoms with Crippen molar-refractivity contribution in [2.45, 2.75) is 0 Å². The van der Waals surface area contributed by atoms with Crippen molar-refractivity contribution in [2.75, 3.05) is 5.73 Å². The smallest absolute Gasteiger partial charge is 0.149 e. The fourth-order valence-electron chi connectivity index (χ4n) is 1.28. The van der Waals surface area contributed by atoms with E-state index in [1.807, 2.05) is 12.1 Å². The van der Waals surface area contributed by atoms with Crippen LogP contribution in [0.3, 0.4) is 0 Å². The summed E-state index contributed by atoms with van der Waals surface area (Å²) in [7, 11) is 0. The molecule has 0 saturated heterocycles. The van der Waals surface area contributed by atoms with Crippen LogP contribution in [0.4, 0.5) is 5.69 Å². The Bertz CT molecular complexity index is 628. The Morgan fingerprint density at radius 1 is 1.40 bits per heavy atom. The molecule has 3 N–H and O–H groups in total. The van der Waals surface area contributed by atoms with Crippen molar-refractivity contribution < 1.29 is 0 Å². The van der Waals surface area contributed by atoms with Crippen molar-refractivity contribution in [1.82, 2.24) is 9.97 Å². The van der Waals surface area contributed by atoms with Crippen LogP contribution in [0.15, 0.2) is 6.07 Å². The zero-order valence-corrected chi connectivity index (χ0v) is 8.13. The van der Waals surface area contributed by atoms with Gasteiger partial charge >= 0.3 is 0 Å². The molecule has 72 valence electrons. The lowest BCUT2D eigenvalue weighted by atomic mass is 10.2. The van der Waals surface area contributed by atoms with Crippen molar-refractivity contribution in [2.24, 2.45) is 0 Å². The van der Waals surface area contributed by atoms with Crippen LogP contribution in [-0.2, 0) is 0 Å². The van der Waals surface area contributed by atoms with Gasteiger partial charge in [-0.1, -0.05) is 11.6 Å². The predicted molar refractivity (Wildman–Crippen MR) is 54.9 cm³/mol. The molecule has 0 radical (unpaired) electrons. The number of nitrogens with two attached hydrogens (primary N) is 1. The standard InChI is InChI=1S/C9H4ClN5/c10-8-4(2-11)1-5-7(13)6(3-12)14-9(5)15-8/h1H,13H2,(H,14,15). The maximum absolute atomic E-state index is 8.74. The predicted octanol–water partition coefficient (Wildman–Crippen LogP) is 1.54. The Morgan fingerprint density at radius 3 is 2.73 bits per heavy atom. The molecule has 0 aromatic carbocycles.